The molecule has 0 fully saturated rings. The quantitative estimate of drug-likeness (QED) is 0.527. The van der Waals surface area contributed by atoms with Gasteiger partial charge in [0.1, 0.15) is 13.1 Å². The molecule has 0 aliphatic rings. The van der Waals surface area contributed by atoms with Gasteiger partial charge in [-0.3, -0.25) is 0 Å². The molecule has 0 aliphatic carbocycles. The van der Waals surface area contributed by atoms with Crippen molar-refractivity contribution in [3.8, 4) is 0 Å². The number of unbranched alkanes of at least 4 members (excludes halogenated alkanes) is 3. The SMILES string of the molecule is Cc1cc(C)c(C)[n+](CCCCCC[n+]2cc(C)cc(C)c2C)c1. The average Bonchev–Trinajstić information content (AvgIpc) is 2.51. The van der Waals surface area contributed by atoms with Gasteiger partial charge in [0.15, 0.2) is 23.8 Å². The van der Waals surface area contributed by atoms with Crippen LogP contribution >= 0.6 is 0 Å². The Hall–Kier alpha value is -1.70. The molecule has 2 rings (SSSR count). The Morgan fingerprint density at radius 2 is 0.958 bits per heavy atom. The highest BCUT2D eigenvalue weighted by atomic mass is 15.0. The van der Waals surface area contributed by atoms with Crippen molar-refractivity contribution in [1.29, 1.82) is 0 Å². The van der Waals surface area contributed by atoms with E-state index in [9.17, 15) is 0 Å². The molecule has 0 radical (unpaired) electrons. The number of nitrogens with zero attached hydrogens (tertiary/aromatic N) is 2. The Bertz CT molecular complexity index is 640. The molecule has 0 atom stereocenters. The van der Waals surface area contributed by atoms with E-state index >= 15 is 0 Å². The van der Waals surface area contributed by atoms with Crippen molar-refractivity contribution in [3.05, 3.63) is 58.2 Å². The largest absolute Gasteiger partial charge is 0.202 e. The fraction of sp³-hybridized carbons (Fsp3) is 0.545. The number of aromatic nitrogens is 2. The minimum Gasteiger partial charge on any atom is -0.202 e. The van der Waals surface area contributed by atoms with Crippen LogP contribution in [-0.4, -0.2) is 0 Å². The number of hydrogen-bond acceptors (Lipinski definition) is 0. The van der Waals surface area contributed by atoms with E-state index in [1.807, 2.05) is 0 Å². The molecule has 2 heterocycles. The van der Waals surface area contributed by atoms with Crippen LogP contribution in [0.4, 0.5) is 0 Å². The minimum absolute atomic E-state index is 1.14. The fourth-order valence-electron chi connectivity index (χ4n) is 3.49. The van der Waals surface area contributed by atoms with Gasteiger partial charge in [0, 0.05) is 48.9 Å². The molecule has 0 saturated heterocycles. The van der Waals surface area contributed by atoms with Gasteiger partial charge < -0.3 is 0 Å². The molecule has 2 nitrogen and oxygen atoms in total. The van der Waals surface area contributed by atoms with Crippen LogP contribution in [0.25, 0.3) is 0 Å². The van der Waals surface area contributed by atoms with Crippen LogP contribution in [0.2, 0.25) is 0 Å². The molecule has 0 spiro atoms. The van der Waals surface area contributed by atoms with E-state index < -0.39 is 0 Å². The first kappa shape index (κ1) is 18.6. The van der Waals surface area contributed by atoms with Gasteiger partial charge in [0.05, 0.1) is 0 Å². The van der Waals surface area contributed by atoms with E-state index in [0.29, 0.717) is 0 Å². The molecule has 0 saturated carbocycles. The lowest BCUT2D eigenvalue weighted by Crippen LogP contribution is -2.38. The molecule has 24 heavy (non-hydrogen) atoms. The van der Waals surface area contributed by atoms with Crippen molar-refractivity contribution in [1.82, 2.24) is 0 Å². The zero-order valence-corrected chi connectivity index (χ0v) is 16.4. The summed E-state index contributed by atoms with van der Waals surface area (Å²) in [7, 11) is 0. The van der Waals surface area contributed by atoms with E-state index in [2.05, 4.69) is 75.2 Å². The topological polar surface area (TPSA) is 7.76 Å². The first-order chi connectivity index (χ1) is 11.4. The van der Waals surface area contributed by atoms with Crippen molar-refractivity contribution in [2.75, 3.05) is 0 Å². The zero-order chi connectivity index (χ0) is 17.7. The van der Waals surface area contributed by atoms with Crippen LogP contribution in [0.1, 0.15) is 59.3 Å². The molecule has 2 heteroatoms. The van der Waals surface area contributed by atoms with Crippen LogP contribution in [-0.2, 0) is 13.1 Å². The Labute approximate surface area is 148 Å². The number of aryl methyl sites for hydroxylation is 6. The second kappa shape index (κ2) is 8.41. The predicted octanol–water partition coefficient (Wildman–Crippen LogP) is 4.37. The summed E-state index contributed by atoms with van der Waals surface area (Å²) in [5, 5.41) is 0. The first-order valence-electron chi connectivity index (χ1n) is 9.33. The van der Waals surface area contributed by atoms with E-state index in [1.165, 1.54) is 59.3 Å². The minimum atomic E-state index is 1.14. The lowest BCUT2D eigenvalue weighted by atomic mass is 10.1. The maximum Gasteiger partial charge on any atom is 0.181 e. The summed E-state index contributed by atoms with van der Waals surface area (Å²) in [6.07, 6.45) is 9.73. The third kappa shape index (κ3) is 4.90. The summed E-state index contributed by atoms with van der Waals surface area (Å²) in [6.45, 7) is 15.5. The van der Waals surface area contributed by atoms with Crippen LogP contribution in [0.15, 0.2) is 24.5 Å². The third-order valence-corrected chi connectivity index (χ3v) is 5.16. The van der Waals surface area contributed by atoms with E-state index in [0.717, 1.165) is 13.1 Å². The lowest BCUT2D eigenvalue weighted by molar-refractivity contribution is -0.705. The molecule has 0 aliphatic heterocycles. The van der Waals surface area contributed by atoms with Crippen molar-refractivity contribution in [2.45, 2.75) is 80.3 Å². The van der Waals surface area contributed by atoms with Crippen LogP contribution < -0.4 is 9.13 Å². The van der Waals surface area contributed by atoms with Gasteiger partial charge in [0.25, 0.3) is 0 Å². The second-order valence-electron chi connectivity index (χ2n) is 7.37. The van der Waals surface area contributed by atoms with Gasteiger partial charge in [-0.1, -0.05) is 0 Å². The number of hydrogen-bond donors (Lipinski definition) is 0. The molecule has 0 bridgehead atoms. The summed E-state index contributed by atoms with van der Waals surface area (Å²) >= 11 is 0. The van der Waals surface area contributed by atoms with Crippen molar-refractivity contribution in [2.24, 2.45) is 0 Å². The summed E-state index contributed by atoms with van der Waals surface area (Å²) in [6, 6.07) is 4.55. The Morgan fingerprint density at radius 3 is 1.33 bits per heavy atom. The lowest BCUT2D eigenvalue weighted by Gasteiger charge is -2.06. The van der Waals surface area contributed by atoms with Crippen molar-refractivity contribution >= 4 is 0 Å². The van der Waals surface area contributed by atoms with E-state index in [1.54, 1.807) is 0 Å². The molecule has 0 amide bonds. The van der Waals surface area contributed by atoms with Gasteiger partial charge in [-0.2, -0.15) is 0 Å². The summed E-state index contributed by atoms with van der Waals surface area (Å²) in [5.41, 5.74) is 8.33. The molecule has 0 N–H and O–H groups in total. The maximum atomic E-state index is 2.42. The maximum absolute atomic E-state index is 2.42. The van der Waals surface area contributed by atoms with Crippen LogP contribution in [0.3, 0.4) is 0 Å². The molecule has 2 aromatic rings. The summed E-state index contributed by atoms with van der Waals surface area (Å²) < 4.78 is 4.85. The molecule has 0 aromatic carbocycles. The molecule has 2 aromatic heterocycles. The van der Waals surface area contributed by atoms with Crippen molar-refractivity contribution in [3.63, 3.8) is 0 Å². The molecular weight excluding hydrogens is 292 g/mol. The highest BCUT2D eigenvalue weighted by Crippen LogP contribution is 2.07. The van der Waals surface area contributed by atoms with Gasteiger partial charge in [0.2, 0.25) is 0 Å². The smallest absolute Gasteiger partial charge is 0.181 e. The summed E-state index contributed by atoms with van der Waals surface area (Å²) in [4.78, 5) is 0. The highest BCUT2D eigenvalue weighted by Gasteiger charge is 2.11. The third-order valence-electron chi connectivity index (χ3n) is 5.16. The van der Waals surface area contributed by atoms with Crippen LogP contribution in [0.5, 0.6) is 0 Å². The van der Waals surface area contributed by atoms with E-state index in [4.69, 9.17) is 0 Å². The zero-order valence-electron chi connectivity index (χ0n) is 16.4. The monoisotopic (exact) mass is 326 g/mol. The van der Waals surface area contributed by atoms with Gasteiger partial charge in [-0.25, -0.2) is 9.13 Å². The normalized spacial score (nSPS) is 11.1. The average molecular weight is 327 g/mol. The van der Waals surface area contributed by atoms with Gasteiger partial charge in [-0.15, -0.1) is 0 Å². The molecule has 130 valence electrons. The number of rotatable bonds is 7. The van der Waals surface area contributed by atoms with Gasteiger partial charge >= 0.3 is 0 Å². The fourth-order valence-corrected chi connectivity index (χ4v) is 3.49. The van der Waals surface area contributed by atoms with Gasteiger partial charge in [-0.05, 0) is 52.7 Å². The standard InChI is InChI=1S/C22H34N2/c1-17-13-19(3)21(5)23(15-17)11-9-7-8-10-12-24-16-18(2)14-20(4)22(24)6/h13-16H,7-12H2,1-6H3/q+2. The highest BCUT2D eigenvalue weighted by molar-refractivity contribution is 5.18. The second-order valence-corrected chi connectivity index (χ2v) is 7.37. The van der Waals surface area contributed by atoms with Crippen molar-refractivity contribution < 1.29 is 9.13 Å². The Kier molecular flexibility index (Phi) is 6.53. The molecule has 0 unspecified atom stereocenters. The predicted molar refractivity (Wildman–Crippen MR) is 100 cm³/mol. The summed E-state index contributed by atoms with van der Waals surface area (Å²) in [5.74, 6) is 0. The molecular formula is C22H34N2+2. The number of pyridine rings is 2. The Balaban J connectivity index is 1.77. The van der Waals surface area contributed by atoms with Crippen LogP contribution in [0, 0.1) is 41.5 Å². The van der Waals surface area contributed by atoms with E-state index in [-0.39, 0.29) is 0 Å². The first-order valence-corrected chi connectivity index (χ1v) is 9.33. The Morgan fingerprint density at radius 1 is 0.583 bits per heavy atom.